The molecule has 0 spiro atoms. The SMILES string of the molecule is CCOC(=O)C1=NC(Cl)c2ccccc2N1.CCOC(=O)c1nc2ccccc2c(=O)[nH]1. The van der Waals surface area contributed by atoms with Crippen molar-refractivity contribution in [1.82, 2.24) is 9.97 Å². The summed E-state index contributed by atoms with van der Waals surface area (Å²) in [5.74, 6) is -1.01. The molecule has 1 aromatic heterocycles. The van der Waals surface area contributed by atoms with E-state index in [1.165, 1.54) is 0 Å². The Morgan fingerprint density at radius 2 is 1.66 bits per heavy atom. The largest absolute Gasteiger partial charge is 0.460 e. The van der Waals surface area contributed by atoms with Gasteiger partial charge in [0.05, 0.1) is 24.1 Å². The van der Waals surface area contributed by atoms with E-state index >= 15 is 0 Å². The molecule has 9 nitrogen and oxygen atoms in total. The van der Waals surface area contributed by atoms with Crippen LogP contribution in [-0.4, -0.2) is 41.0 Å². The van der Waals surface area contributed by atoms with E-state index in [-0.39, 0.29) is 23.8 Å². The monoisotopic (exact) mass is 456 g/mol. The van der Waals surface area contributed by atoms with Gasteiger partial charge in [-0.15, -0.1) is 0 Å². The number of carbonyl (C=O) groups is 2. The zero-order chi connectivity index (χ0) is 23.1. The minimum absolute atomic E-state index is 0.0643. The van der Waals surface area contributed by atoms with Crippen LogP contribution in [-0.2, 0) is 14.3 Å². The molecule has 32 heavy (non-hydrogen) atoms. The van der Waals surface area contributed by atoms with Gasteiger partial charge in [0, 0.05) is 11.3 Å². The Kier molecular flexibility index (Phi) is 7.56. The normalized spacial score (nSPS) is 14.2. The van der Waals surface area contributed by atoms with Crippen molar-refractivity contribution in [3.8, 4) is 0 Å². The second kappa shape index (κ2) is 10.5. The lowest BCUT2D eigenvalue weighted by Crippen LogP contribution is -2.29. The first-order valence-electron chi connectivity index (χ1n) is 9.85. The summed E-state index contributed by atoms with van der Waals surface area (Å²) in [5, 5.41) is 3.36. The number of benzene rings is 2. The summed E-state index contributed by atoms with van der Waals surface area (Å²) in [5.41, 5.74) is 1.25. The lowest BCUT2D eigenvalue weighted by molar-refractivity contribution is -0.135. The van der Waals surface area contributed by atoms with E-state index in [1.54, 1.807) is 38.1 Å². The van der Waals surface area contributed by atoms with Gasteiger partial charge in [-0.1, -0.05) is 41.9 Å². The average Bonchev–Trinajstić information content (AvgIpc) is 2.80. The van der Waals surface area contributed by atoms with Crippen molar-refractivity contribution in [1.29, 1.82) is 0 Å². The molecule has 2 aromatic carbocycles. The molecule has 4 rings (SSSR count). The lowest BCUT2D eigenvalue weighted by Gasteiger charge is -2.20. The Morgan fingerprint density at radius 3 is 2.41 bits per heavy atom. The Balaban J connectivity index is 0.000000181. The highest BCUT2D eigenvalue weighted by Crippen LogP contribution is 2.32. The molecule has 1 aliphatic heterocycles. The fourth-order valence-electron chi connectivity index (χ4n) is 2.85. The Bertz CT molecular complexity index is 1220. The van der Waals surface area contributed by atoms with E-state index in [0.717, 1.165) is 11.3 Å². The number of hydrogen-bond donors (Lipinski definition) is 2. The summed E-state index contributed by atoms with van der Waals surface area (Å²) in [7, 11) is 0. The third-order valence-electron chi connectivity index (χ3n) is 4.26. The predicted octanol–water partition coefficient (Wildman–Crippen LogP) is 3.41. The van der Waals surface area contributed by atoms with Gasteiger partial charge in [0.25, 0.3) is 5.56 Å². The molecule has 0 radical (unpaired) electrons. The third kappa shape index (κ3) is 5.30. The minimum atomic E-state index is -0.620. The van der Waals surface area contributed by atoms with Gasteiger partial charge in [-0.3, -0.25) is 4.79 Å². The van der Waals surface area contributed by atoms with Gasteiger partial charge < -0.3 is 19.8 Å². The number of alkyl halides is 1. The number of carbonyl (C=O) groups excluding carboxylic acids is 2. The number of esters is 2. The predicted molar refractivity (Wildman–Crippen MR) is 121 cm³/mol. The van der Waals surface area contributed by atoms with E-state index in [2.05, 4.69) is 20.3 Å². The number of hydrogen-bond acceptors (Lipinski definition) is 8. The Hall–Kier alpha value is -3.72. The maximum Gasteiger partial charge on any atom is 0.374 e. The van der Waals surface area contributed by atoms with Crippen LogP contribution in [0.15, 0.2) is 58.3 Å². The molecule has 0 bridgehead atoms. The molecule has 1 aliphatic rings. The molecule has 2 N–H and O–H groups in total. The highest BCUT2D eigenvalue weighted by Gasteiger charge is 2.23. The molecular formula is C22H21ClN4O5. The summed E-state index contributed by atoms with van der Waals surface area (Å²) >= 11 is 6.05. The summed E-state index contributed by atoms with van der Waals surface area (Å²) in [6.07, 6.45) is 0. The van der Waals surface area contributed by atoms with E-state index < -0.39 is 17.4 Å². The van der Waals surface area contributed by atoms with Crippen LogP contribution in [0.2, 0.25) is 0 Å². The number of halogens is 1. The number of ether oxygens (including phenoxy) is 2. The summed E-state index contributed by atoms with van der Waals surface area (Å²) in [6, 6.07) is 14.3. The van der Waals surface area contributed by atoms with Crippen LogP contribution >= 0.6 is 11.6 Å². The molecule has 166 valence electrons. The van der Waals surface area contributed by atoms with Gasteiger partial charge in [0.1, 0.15) is 0 Å². The van der Waals surface area contributed by atoms with E-state index in [1.807, 2.05) is 24.3 Å². The van der Waals surface area contributed by atoms with Gasteiger partial charge in [0.2, 0.25) is 11.7 Å². The molecule has 2 heterocycles. The summed E-state index contributed by atoms with van der Waals surface area (Å²) in [6.45, 7) is 3.99. The minimum Gasteiger partial charge on any atom is -0.460 e. The number of aliphatic imine (C=N–C) groups is 1. The lowest BCUT2D eigenvalue weighted by atomic mass is 10.1. The van der Waals surface area contributed by atoms with Crippen molar-refractivity contribution in [2.24, 2.45) is 4.99 Å². The standard InChI is InChI=1S/C11H11ClN2O2.C11H10N2O3/c1-2-16-11(15)10-13-8-6-4-3-5-7(8)9(12)14-10;1-2-16-11(15)9-12-8-6-4-3-5-7(8)10(14)13-9/h3-6,9H,2H2,1H3,(H,13,14);3-6H,2H2,1H3,(H,12,13,14). The number of para-hydroxylation sites is 2. The summed E-state index contributed by atoms with van der Waals surface area (Å²) in [4.78, 5) is 44.9. The van der Waals surface area contributed by atoms with Crippen molar-refractivity contribution in [2.45, 2.75) is 19.3 Å². The molecule has 3 aromatic rings. The molecule has 10 heteroatoms. The zero-order valence-corrected chi connectivity index (χ0v) is 18.2. The van der Waals surface area contributed by atoms with E-state index in [0.29, 0.717) is 17.5 Å². The van der Waals surface area contributed by atoms with Crippen molar-refractivity contribution in [3.63, 3.8) is 0 Å². The van der Waals surface area contributed by atoms with Crippen molar-refractivity contribution in [2.75, 3.05) is 18.5 Å². The van der Waals surface area contributed by atoms with Crippen molar-refractivity contribution < 1.29 is 19.1 Å². The maximum absolute atomic E-state index is 11.6. The molecule has 0 amide bonds. The maximum atomic E-state index is 11.6. The number of H-pyrrole nitrogens is 1. The smallest absolute Gasteiger partial charge is 0.374 e. The van der Waals surface area contributed by atoms with Crippen LogP contribution in [0.25, 0.3) is 10.9 Å². The number of nitrogens with one attached hydrogen (secondary N) is 2. The van der Waals surface area contributed by atoms with Crippen LogP contribution in [0.5, 0.6) is 0 Å². The van der Waals surface area contributed by atoms with E-state index in [9.17, 15) is 14.4 Å². The van der Waals surface area contributed by atoms with Crippen LogP contribution in [0.1, 0.15) is 35.5 Å². The highest BCUT2D eigenvalue weighted by molar-refractivity contribution is 6.41. The van der Waals surface area contributed by atoms with Gasteiger partial charge >= 0.3 is 11.9 Å². The highest BCUT2D eigenvalue weighted by atomic mass is 35.5. The number of amidine groups is 1. The van der Waals surface area contributed by atoms with Crippen LogP contribution in [0.4, 0.5) is 5.69 Å². The number of nitrogens with zero attached hydrogens (tertiary/aromatic N) is 2. The van der Waals surface area contributed by atoms with Gasteiger partial charge in [-0.2, -0.15) is 0 Å². The van der Waals surface area contributed by atoms with Crippen LogP contribution in [0, 0.1) is 0 Å². The first-order chi connectivity index (χ1) is 15.4. The molecule has 1 unspecified atom stereocenters. The molecule has 0 saturated heterocycles. The van der Waals surface area contributed by atoms with Crippen molar-refractivity contribution >= 4 is 46.0 Å². The first kappa shape index (κ1) is 23.0. The number of fused-ring (bicyclic) bond motifs is 2. The van der Waals surface area contributed by atoms with Crippen LogP contribution in [0.3, 0.4) is 0 Å². The van der Waals surface area contributed by atoms with Crippen molar-refractivity contribution in [3.05, 3.63) is 70.3 Å². The summed E-state index contributed by atoms with van der Waals surface area (Å²) < 4.78 is 9.61. The third-order valence-corrected chi connectivity index (χ3v) is 4.60. The zero-order valence-electron chi connectivity index (χ0n) is 17.4. The fraction of sp³-hybridized carbons (Fsp3) is 0.227. The Labute approximate surface area is 188 Å². The van der Waals surface area contributed by atoms with Gasteiger partial charge in [0.15, 0.2) is 5.50 Å². The van der Waals surface area contributed by atoms with Crippen LogP contribution < -0.4 is 10.9 Å². The second-order valence-electron chi connectivity index (χ2n) is 6.40. The number of aromatic nitrogens is 2. The van der Waals surface area contributed by atoms with E-state index in [4.69, 9.17) is 21.1 Å². The number of rotatable bonds is 4. The molecule has 0 saturated carbocycles. The second-order valence-corrected chi connectivity index (χ2v) is 6.81. The van der Waals surface area contributed by atoms with Gasteiger partial charge in [-0.25, -0.2) is 19.6 Å². The molecular weight excluding hydrogens is 436 g/mol. The van der Waals surface area contributed by atoms with Gasteiger partial charge in [-0.05, 0) is 32.0 Å². The fourth-order valence-corrected chi connectivity index (χ4v) is 3.13. The average molecular weight is 457 g/mol. The Morgan fingerprint density at radius 1 is 1.00 bits per heavy atom. The number of anilines is 1. The molecule has 1 atom stereocenters. The first-order valence-corrected chi connectivity index (χ1v) is 10.3. The molecule has 0 aliphatic carbocycles. The molecule has 0 fully saturated rings. The quantitative estimate of drug-likeness (QED) is 0.350. The number of aromatic amines is 1. The topological polar surface area (TPSA) is 123 Å².